The molecule has 170 valence electrons. The van der Waals surface area contributed by atoms with Gasteiger partial charge in [0.15, 0.2) is 0 Å². The van der Waals surface area contributed by atoms with Crippen molar-refractivity contribution in [1.29, 1.82) is 0 Å². The molecule has 33 heavy (non-hydrogen) atoms. The molecule has 4 heteroatoms. The molecule has 3 nitrogen and oxygen atoms in total. The van der Waals surface area contributed by atoms with Gasteiger partial charge in [-0.3, -0.25) is 4.79 Å². The lowest BCUT2D eigenvalue weighted by Gasteiger charge is -2.41. The van der Waals surface area contributed by atoms with E-state index in [1.54, 1.807) is 0 Å². The molecule has 0 aromatic heterocycles. The Morgan fingerprint density at radius 2 is 1.70 bits per heavy atom. The molecule has 1 aliphatic rings. The minimum Gasteiger partial charge on any atom is -0.384 e. The third-order valence-electron chi connectivity index (χ3n) is 6.86. The van der Waals surface area contributed by atoms with Crippen molar-refractivity contribution in [2.24, 2.45) is 0 Å². The Hall–Kier alpha value is -2.85. The van der Waals surface area contributed by atoms with Gasteiger partial charge in [-0.25, -0.2) is 0 Å². The maximum atomic E-state index is 12.7. The van der Waals surface area contributed by atoms with Crippen LogP contribution in [0.25, 0.3) is 5.70 Å². The summed E-state index contributed by atoms with van der Waals surface area (Å²) in [5.41, 5.74) is 5.42. The third kappa shape index (κ3) is 5.56. The zero-order chi connectivity index (χ0) is 23.3. The Kier molecular flexibility index (Phi) is 7.34. The molecular weight excluding hydrogens is 472 g/mol. The molecule has 0 spiro atoms. The van der Waals surface area contributed by atoms with Gasteiger partial charge in [0.2, 0.25) is 0 Å². The van der Waals surface area contributed by atoms with E-state index in [1.165, 1.54) is 11.1 Å². The van der Waals surface area contributed by atoms with Crippen molar-refractivity contribution >= 4 is 27.5 Å². The average Bonchev–Trinajstić information content (AvgIpc) is 2.84. The van der Waals surface area contributed by atoms with Crippen LogP contribution < -0.4 is 10.6 Å². The van der Waals surface area contributed by atoms with Gasteiger partial charge < -0.3 is 10.6 Å². The van der Waals surface area contributed by atoms with E-state index in [4.69, 9.17) is 0 Å². The molecule has 1 fully saturated rings. The lowest BCUT2D eigenvalue weighted by molar-refractivity contribution is 0.0917. The zero-order valence-electron chi connectivity index (χ0n) is 19.1. The second kappa shape index (κ2) is 10.4. The monoisotopic (exact) mass is 502 g/mol. The van der Waals surface area contributed by atoms with Crippen molar-refractivity contribution in [3.8, 4) is 0 Å². The number of aryl methyl sites for hydroxylation is 1. The fourth-order valence-corrected chi connectivity index (χ4v) is 5.25. The van der Waals surface area contributed by atoms with Gasteiger partial charge in [-0.05, 0) is 67.5 Å². The number of halogens is 1. The fourth-order valence-electron chi connectivity index (χ4n) is 4.85. The van der Waals surface area contributed by atoms with Crippen LogP contribution >= 0.6 is 15.9 Å². The molecule has 3 aromatic rings. The van der Waals surface area contributed by atoms with Gasteiger partial charge in [0.1, 0.15) is 0 Å². The largest absolute Gasteiger partial charge is 0.384 e. The lowest BCUT2D eigenvalue weighted by atomic mass is 9.68. The number of amides is 1. The minimum absolute atomic E-state index is 0.000401. The maximum Gasteiger partial charge on any atom is 0.251 e. The number of benzene rings is 3. The second-order valence-electron chi connectivity index (χ2n) is 9.05. The summed E-state index contributed by atoms with van der Waals surface area (Å²) in [7, 11) is 0. The molecule has 1 saturated carbocycles. The highest BCUT2D eigenvalue weighted by Gasteiger charge is 2.37. The summed E-state index contributed by atoms with van der Waals surface area (Å²) in [6.07, 6.45) is 3.92. The van der Waals surface area contributed by atoms with Crippen LogP contribution in [-0.4, -0.2) is 18.5 Å². The van der Waals surface area contributed by atoms with Crippen molar-refractivity contribution < 1.29 is 4.79 Å². The molecular formula is C29H31BrN2O. The molecule has 1 aliphatic carbocycles. The average molecular weight is 503 g/mol. The van der Waals surface area contributed by atoms with Crippen LogP contribution in [0.1, 0.15) is 52.7 Å². The Labute approximate surface area is 205 Å². The molecule has 0 bridgehead atoms. The van der Waals surface area contributed by atoms with E-state index in [0.29, 0.717) is 5.56 Å². The summed E-state index contributed by atoms with van der Waals surface area (Å²) in [6.45, 7) is 7.27. The Balaban J connectivity index is 1.45. The summed E-state index contributed by atoms with van der Waals surface area (Å²) < 4.78 is 0.918. The summed E-state index contributed by atoms with van der Waals surface area (Å²) in [5, 5.41) is 6.90. The normalized spacial score (nSPS) is 20.1. The predicted octanol–water partition coefficient (Wildman–Crippen LogP) is 6.63. The second-order valence-corrected chi connectivity index (χ2v) is 9.97. The molecule has 4 rings (SSSR count). The summed E-state index contributed by atoms with van der Waals surface area (Å²) in [6, 6.07) is 26.9. The SMILES string of the molecule is C=C(NCC1(c2ccccc2)CCC(NC(=O)c2cccc(Br)c2)CC1)c1ccccc1C. The highest BCUT2D eigenvalue weighted by atomic mass is 79.9. The first-order valence-corrected chi connectivity index (χ1v) is 12.4. The molecule has 1 amide bonds. The van der Waals surface area contributed by atoms with E-state index < -0.39 is 0 Å². The van der Waals surface area contributed by atoms with Gasteiger partial charge in [-0.15, -0.1) is 0 Å². The topological polar surface area (TPSA) is 41.1 Å². The Morgan fingerprint density at radius 1 is 1.00 bits per heavy atom. The van der Waals surface area contributed by atoms with Crippen molar-refractivity contribution in [2.45, 2.75) is 44.1 Å². The number of nitrogens with one attached hydrogen (secondary N) is 2. The van der Waals surface area contributed by atoms with Crippen molar-refractivity contribution in [1.82, 2.24) is 10.6 Å². The Bertz CT molecular complexity index is 1120. The molecule has 3 aromatic carbocycles. The van der Waals surface area contributed by atoms with Crippen LogP contribution in [0, 0.1) is 6.92 Å². The molecule has 0 aliphatic heterocycles. The lowest BCUT2D eigenvalue weighted by Crippen LogP contribution is -2.46. The molecule has 0 unspecified atom stereocenters. The van der Waals surface area contributed by atoms with Gasteiger partial charge in [-0.1, -0.05) is 83.2 Å². The van der Waals surface area contributed by atoms with Crippen LogP contribution in [0.15, 0.2) is 89.9 Å². The van der Waals surface area contributed by atoms with Crippen LogP contribution in [0.3, 0.4) is 0 Å². The maximum absolute atomic E-state index is 12.7. The van der Waals surface area contributed by atoms with Gasteiger partial charge in [0, 0.05) is 33.7 Å². The predicted molar refractivity (Wildman–Crippen MR) is 140 cm³/mol. The molecule has 0 heterocycles. The standard InChI is InChI=1S/C29H31BrN2O/c1-21-9-6-7-14-27(21)22(2)31-20-29(24-11-4-3-5-12-24)17-15-26(16-18-29)32-28(33)23-10-8-13-25(30)19-23/h3-14,19,26,31H,2,15-18,20H2,1H3,(H,32,33). The van der Waals surface area contributed by atoms with Gasteiger partial charge >= 0.3 is 0 Å². The minimum atomic E-state index is -0.000401. The molecule has 0 saturated heterocycles. The number of hydrogen-bond donors (Lipinski definition) is 2. The summed E-state index contributed by atoms with van der Waals surface area (Å²) >= 11 is 3.45. The van der Waals surface area contributed by atoms with Crippen LogP contribution in [0.5, 0.6) is 0 Å². The van der Waals surface area contributed by atoms with E-state index in [9.17, 15) is 4.79 Å². The van der Waals surface area contributed by atoms with E-state index >= 15 is 0 Å². The number of carbonyl (C=O) groups excluding carboxylic acids is 1. The van der Waals surface area contributed by atoms with Crippen LogP contribution in [0.2, 0.25) is 0 Å². The van der Waals surface area contributed by atoms with Crippen molar-refractivity contribution in [3.63, 3.8) is 0 Å². The highest BCUT2D eigenvalue weighted by molar-refractivity contribution is 9.10. The van der Waals surface area contributed by atoms with E-state index in [-0.39, 0.29) is 17.4 Å². The Morgan fingerprint density at radius 3 is 2.39 bits per heavy atom. The van der Waals surface area contributed by atoms with Gasteiger partial charge in [0.25, 0.3) is 5.91 Å². The third-order valence-corrected chi connectivity index (χ3v) is 7.35. The van der Waals surface area contributed by atoms with Crippen molar-refractivity contribution in [2.75, 3.05) is 6.54 Å². The fraction of sp³-hybridized carbons (Fsp3) is 0.276. The first-order chi connectivity index (χ1) is 16.0. The van der Waals surface area contributed by atoms with Gasteiger partial charge in [0.05, 0.1) is 0 Å². The van der Waals surface area contributed by atoms with E-state index in [1.807, 2.05) is 24.3 Å². The molecule has 2 N–H and O–H groups in total. The number of rotatable bonds is 7. The van der Waals surface area contributed by atoms with Crippen LogP contribution in [-0.2, 0) is 5.41 Å². The first kappa shape index (κ1) is 23.3. The number of carbonyl (C=O) groups is 1. The molecule has 0 atom stereocenters. The highest BCUT2D eigenvalue weighted by Crippen LogP contribution is 2.39. The van der Waals surface area contributed by atoms with Crippen molar-refractivity contribution in [3.05, 3.63) is 112 Å². The van der Waals surface area contributed by atoms with E-state index in [2.05, 4.69) is 94.7 Å². The molecule has 0 radical (unpaired) electrons. The first-order valence-electron chi connectivity index (χ1n) is 11.6. The van der Waals surface area contributed by atoms with Crippen LogP contribution in [0.4, 0.5) is 0 Å². The number of hydrogen-bond acceptors (Lipinski definition) is 2. The van der Waals surface area contributed by atoms with Gasteiger partial charge in [-0.2, -0.15) is 0 Å². The summed E-state index contributed by atoms with van der Waals surface area (Å²) in [4.78, 5) is 12.7. The zero-order valence-corrected chi connectivity index (χ0v) is 20.7. The summed E-state index contributed by atoms with van der Waals surface area (Å²) in [5.74, 6) is -0.000401. The quantitative estimate of drug-likeness (QED) is 0.380. The smallest absolute Gasteiger partial charge is 0.251 e. The van der Waals surface area contributed by atoms with E-state index in [0.717, 1.165) is 48.0 Å².